The molecule has 5 nitrogen and oxygen atoms in total. The topological polar surface area (TPSA) is 57.1 Å². The Morgan fingerprint density at radius 1 is 1.41 bits per heavy atom. The second-order valence-electron chi connectivity index (χ2n) is 5.63. The van der Waals surface area contributed by atoms with Crippen molar-refractivity contribution in [2.45, 2.75) is 39.7 Å². The largest absolute Gasteiger partial charge is 0.389 e. The molecular formula is C16H34IN3O2. The molecule has 0 saturated carbocycles. The van der Waals surface area contributed by atoms with Gasteiger partial charge in [0, 0.05) is 26.7 Å². The average molecular weight is 427 g/mol. The zero-order valence-corrected chi connectivity index (χ0v) is 16.9. The molecule has 0 fully saturated rings. The van der Waals surface area contributed by atoms with Crippen LogP contribution in [-0.2, 0) is 4.74 Å². The Bertz CT molecular complexity index is 299. The van der Waals surface area contributed by atoms with E-state index in [1.54, 1.807) is 0 Å². The maximum atomic E-state index is 9.88. The summed E-state index contributed by atoms with van der Waals surface area (Å²) in [6, 6.07) is 0. The van der Waals surface area contributed by atoms with E-state index in [1.807, 2.05) is 20.0 Å². The lowest BCUT2D eigenvalue weighted by atomic mass is 10.2. The van der Waals surface area contributed by atoms with Crippen LogP contribution in [0.15, 0.2) is 17.6 Å². The third-order valence-electron chi connectivity index (χ3n) is 2.81. The number of ether oxygens (including phenoxy) is 1. The second kappa shape index (κ2) is 15.6. The van der Waals surface area contributed by atoms with Crippen molar-refractivity contribution < 1.29 is 9.84 Å². The number of nitrogens with one attached hydrogen (secondary N) is 1. The SMILES string of the molecule is C=CCCCN(C)C(=NCC(O)COCC(C)C)NCC.I. The standard InChI is InChI=1S/C16H33N3O2.HI/c1-6-8-9-10-19(5)16(17-7-2)18-11-15(20)13-21-12-14(3)4;/h6,14-15,20H,1,7-13H2,2-5H3,(H,17,18);1H. The number of nitrogens with zero attached hydrogens (tertiary/aromatic N) is 2. The highest BCUT2D eigenvalue weighted by atomic mass is 127. The van der Waals surface area contributed by atoms with Crippen LogP contribution in [-0.4, -0.2) is 62.0 Å². The monoisotopic (exact) mass is 427 g/mol. The Labute approximate surface area is 153 Å². The van der Waals surface area contributed by atoms with Crippen molar-refractivity contribution >= 4 is 29.9 Å². The van der Waals surface area contributed by atoms with Gasteiger partial charge in [0.05, 0.1) is 19.3 Å². The van der Waals surface area contributed by atoms with Crippen LogP contribution in [0.1, 0.15) is 33.6 Å². The minimum absolute atomic E-state index is 0. The number of aliphatic hydroxyl groups is 1. The molecule has 0 radical (unpaired) electrons. The van der Waals surface area contributed by atoms with Crippen molar-refractivity contribution in [3.8, 4) is 0 Å². The first-order valence-electron chi connectivity index (χ1n) is 7.87. The number of halogens is 1. The van der Waals surface area contributed by atoms with E-state index in [4.69, 9.17) is 4.74 Å². The van der Waals surface area contributed by atoms with E-state index in [1.165, 1.54) is 0 Å². The minimum atomic E-state index is -0.556. The van der Waals surface area contributed by atoms with E-state index in [9.17, 15) is 5.11 Å². The summed E-state index contributed by atoms with van der Waals surface area (Å²) in [7, 11) is 2.01. The average Bonchev–Trinajstić information content (AvgIpc) is 2.43. The van der Waals surface area contributed by atoms with Crippen LogP contribution in [0.5, 0.6) is 0 Å². The highest BCUT2D eigenvalue weighted by Crippen LogP contribution is 1.97. The molecule has 0 aliphatic rings. The second-order valence-corrected chi connectivity index (χ2v) is 5.63. The van der Waals surface area contributed by atoms with Crippen LogP contribution in [0.25, 0.3) is 0 Å². The van der Waals surface area contributed by atoms with Crippen molar-refractivity contribution in [1.29, 1.82) is 0 Å². The number of allylic oxidation sites excluding steroid dienone is 1. The van der Waals surface area contributed by atoms with Crippen LogP contribution in [0, 0.1) is 5.92 Å². The van der Waals surface area contributed by atoms with Gasteiger partial charge in [-0.05, 0) is 25.7 Å². The van der Waals surface area contributed by atoms with E-state index in [0.29, 0.717) is 25.7 Å². The van der Waals surface area contributed by atoms with Crippen LogP contribution in [0.4, 0.5) is 0 Å². The summed E-state index contributed by atoms with van der Waals surface area (Å²) in [6.07, 6.45) is 3.41. The maximum absolute atomic E-state index is 9.88. The Kier molecular flexibility index (Phi) is 16.9. The van der Waals surface area contributed by atoms with E-state index < -0.39 is 6.10 Å². The summed E-state index contributed by atoms with van der Waals surface area (Å²) in [5.74, 6) is 1.30. The van der Waals surface area contributed by atoms with Crippen molar-refractivity contribution in [2.75, 3.05) is 39.9 Å². The summed E-state index contributed by atoms with van der Waals surface area (Å²) >= 11 is 0. The number of aliphatic imine (C=N–C) groups is 1. The number of unbranched alkanes of at least 4 members (excludes halogenated alkanes) is 1. The lowest BCUT2D eigenvalue weighted by molar-refractivity contribution is 0.0300. The number of aliphatic hydroxyl groups excluding tert-OH is 1. The minimum Gasteiger partial charge on any atom is -0.389 e. The molecule has 0 aromatic carbocycles. The lowest BCUT2D eigenvalue weighted by Gasteiger charge is -2.22. The van der Waals surface area contributed by atoms with Gasteiger partial charge in [-0.2, -0.15) is 0 Å². The molecule has 0 heterocycles. The van der Waals surface area contributed by atoms with E-state index in [-0.39, 0.29) is 24.0 Å². The first-order chi connectivity index (χ1) is 10.0. The van der Waals surface area contributed by atoms with Gasteiger partial charge in [-0.3, -0.25) is 4.99 Å². The molecule has 0 bridgehead atoms. The van der Waals surface area contributed by atoms with E-state index >= 15 is 0 Å². The van der Waals surface area contributed by atoms with Crippen LogP contribution in [0.3, 0.4) is 0 Å². The predicted molar refractivity (Wildman–Crippen MR) is 105 cm³/mol. The zero-order valence-electron chi connectivity index (χ0n) is 14.5. The van der Waals surface area contributed by atoms with Crippen molar-refractivity contribution in [2.24, 2.45) is 10.9 Å². The maximum Gasteiger partial charge on any atom is 0.193 e. The number of rotatable bonds is 11. The fourth-order valence-electron chi connectivity index (χ4n) is 1.73. The number of guanidine groups is 1. The molecule has 0 spiro atoms. The summed E-state index contributed by atoms with van der Waals surface area (Å²) in [5, 5.41) is 13.1. The third kappa shape index (κ3) is 13.3. The third-order valence-corrected chi connectivity index (χ3v) is 2.81. The van der Waals surface area contributed by atoms with Crippen molar-refractivity contribution in [1.82, 2.24) is 10.2 Å². The first-order valence-corrected chi connectivity index (χ1v) is 7.87. The summed E-state index contributed by atoms with van der Waals surface area (Å²) in [6.45, 7) is 13.0. The molecule has 1 atom stereocenters. The summed E-state index contributed by atoms with van der Waals surface area (Å²) in [5.41, 5.74) is 0. The Morgan fingerprint density at radius 3 is 2.64 bits per heavy atom. The fraction of sp³-hybridized carbons (Fsp3) is 0.812. The van der Waals surface area contributed by atoms with Gasteiger partial charge < -0.3 is 20.1 Å². The molecule has 1 unspecified atom stereocenters. The van der Waals surface area contributed by atoms with Crippen molar-refractivity contribution in [3.63, 3.8) is 0 Å². The highest BCUT2D eigenvalue weighted by molar-refractivity contribution is 14.0. The number of hydrogen-bond acceptors (Lipinski definition) is 3. The molecule has 0 aromatic heterocycles. The van der Waals surface area contributed by atoms with Gasteiger partial charge in [0.15, 0.2) is 5.96 Å². The van der Waals surface area contributed by atoms with Crippen molar-refractivity contribution in [3.05, 3.63) is 12.7 Å². The summed E-state index contributed by atoms with van der Waals surface area (Å²) < 4.78 is 5.42. The van der Waals surface area contributed by atoms with Gasteiger partial charge in [0.2, 0.25) is 0 Å². The highest BCUT2D eigenvalue weighted by Gasteiger charge is 2.08. The van der Waals surface area contributed by atoms with Gasteiger partial charge in [-0.15, -0.1) is 30.6 Å². The fourth-order valence-corrected chi connectivity index (χ4v) is 1.73. The molecule has 0 aliphatic carbocycles. The predicted octanol–water partition coefficient (Wildman–Crippen LogP) is 2.50. The Morgan fingerprint density at radius 2 is 2.09 bits per heavy atom. The molecule has 22 heavy (non-hydrogen) atoms. The van der Waals surface area contributed by atoms with Gasteiger partial charge in [0.1, 0.15) is 0 Å². The van der Waals surface area contributed by atoms with Crippen LogP contribution in [0.2, 0.25) is 0 Å². The molecule has 0 aromatic rings. The molecule has 0 aliphatic heterocycles. The number of hydrogen-bond donors (Lipinski definition) is 2. The normalized spacial score (nSPS) is 12.7. The van der Waals surface area contributed by atoms with Gasteiger partial charge in [0.25, 0.3) is 0 Å². The quantitative estimate of drug-likeness (QED) is 0.175. The Balaban J connectivity index is 0. The first kappa shape index (κ1) is 23.9. The summed E-state index contributed by atoms with van der Waals surface area (Å²) in [4.78, 5) is 6.54. The Hall–Kier alpha value is -0.340. The smallest absolute Gasteiger partial charge is 0.193 e. The molecule has 6 heteroatoms. The van der Waals surface area contributed by atoms with E-state index in [0.717, 1.165) is 31.9 Å². The van der Waals surface area contributed by atoms with Gasteiger partial charge in [-0.1, -0.05) is 19.9 Å². The van der Waals surface area contributed by atoms with E-state index in [2.05, 4.69) is 35.6 Å². The molecule has 132 valence electrons. The molecule has 2 N–H and O–H groups in total. The van der Waals surface area contributed by atoms with Crippen LogP contribution >= 0.6 is 24.0 Å². The molecule has 0 rings (SSSR count). The van der Waals surface area contributed by atoms with Gasteiger partial charge in [-0.25, -0.2) is 0 Å². The molecular weight excluding hydrogens is 393 g/mol. The van der Waals surface area contributed by atoms with Gasteiger partial charge >= 0.3 is 0 Å². The van der Waals surface area contributed by atoms with Crippen LogP contribution < -0.4 is 5.32 Å². The lowest BCUT2D eigenvalue weighted by Crippen LogP contribution is -2.40. The zero-order chi connectivity index (χ0) is 16.1. The molecule has 0 amide bonds. The molecule has 0 saturated heterocycles.